The third kappa shape index (κ3) is 15.1. The Morgan fingerprint density at radius 3 is 1.21 bits per heavy atom. The average molecular weight is 531 g/mol. The molecule has 2 aromatic carbocycles. The number of benzene rings is 2. The fourth-order valence-electron chi connectivity index (χ4n) is 3.19. The van der Waals surface area contributed by atoms with Crippen LogP contribution in [0.4, 0.5) is 9.59 Å². The molecule has 0 spiro atoms. The van der Waals surface area contributed by atoms with E-state index in [1.807, 2.05) is 60.7 Å². The van der Waals surface area contributed by atoms with Gasteiger partial charge in [0.2, 0.25) is 13.6 Å². The first-order valence-electron chi connectivity index (χ1n) is 12.5. The first kappa shape index (κ1) is 30.1. The van der Waals surface area contributed by atoms with E-state index in [1.165, 1.54) is 0 Å². The maximum atomic E-state index is 11.7. The summed E-state index contributed by atoms with van der Waals surface area (Å²) in [4.78, 5) is 46.4. The lowest BCUT2D eigenvalue weighted by Gasteiger charge is -2.08. The topological polar surface area (TPSA) is 124 Å². The predicted molar refractivity (Wildman–Crippen MR) is 134 cm³/mol. The number of hydrogen-bond acceptors (Lipinski definition) is 10. The Morgan fingerprint density at radius 1 is 0.447 bits per heavy atom. The van der Waals surface area contributed by atoms with E-state index in [0.29, 0.717) is 12.8 Å². The van der Waals surface area contributed by atoms with Gasteiger partial charge in [-0.2, -0.15) is 0 Å². The second kappa shape index (κ2) is 19.1. The van der Waals surface area contributed by atoms with Gasteiger partial charge in [0.25, 0.3) is 0 Å². The Bertz CT molecular complexity index is 883. The highest BCUT2D eigenvalue weighted by Crippen LogP contribution is 2.10. The summed E-state index contributed by atoms with van der Waals surface area (Å²) in [5, 5.41) is 0. The third-order valence-corrected chi connectivity index (χ3v) is 5.20. The zero-order valence-electron chi connectivity index (χ0n) is 21.3. The average Bonchev–Trinajstić information content (AvgIpc) is 2.93. The minimum absolute atomic E-state index is 0.0786. The number of unbranched alkanes of at least 4 members (excludes halogenated alkanes) is 5. The molecule has 2 aromatic rings. The molecule has 10 heteroatoms. The van der Waals surface area contributed by atoms with E-state index in [9.17, 15) is 19.2 Å². The quantitative estimate of drug-likeness (QED) is 0.107. The maximum absolute atomic E-state index is 11.7. The molecule has 0 radical (unpaired) electrons. The van der Waals surface area contributed by atoms with Gasteiger partial charge < -0.3 is 28.4 Å². The molecular formula is C28H34O10. The van der Waals surface area contributed by atoms with Gasteiger partial charge in [0.05, 0.1) is 0 Å². The molecule has 0 saturated carbocycles. The Kier molecular flexibility index (Phi) is 15.1. The molecule has 0 aromatic heterocycles. The number of hydrogen-bond donors (Lipinski definition) is 0. The van der Waals surface area contributed by atoms with Gasteiger partial charge in [-0.05, 0) is 24.0 Å². The summed E-state index contributed by atoms with van der Waals surface area (Å²) in [6.07, 6.45) is 3.41. The van der Waals surface area contributed by atoms with Crippen LogP contribution in [-0.4, -0.2) is 37.8 Å². The van der Waals surface area contributed by atoms with Crippen molar-refractivity contribution in [1.29, 1.82) is 0 Å². The number of esters is 2. The molecule has 10 nitrogen and oxygen atoms in total. The van der Waals surface area contributed by atoms with Gasteiger partial charge in [-0.3, -0.25) is 9.59 Å². The molecule has 0 amide bonds. The van der Waals surface area contributed by atoms with E-state index in [4.69, 9.17) is 28.4 Å². The van der Waals surface area contributed by atoms with Crippen molar-refractivity contribution in [2.24, 2.45) is 0 Å². The lowest BCUT2D eigenvalue weighted by molar-refractivity contribution is -0.154. The van der Waals surface area contributed by atoms with E-state index >= 15 is 0 Å². The van der Waals surface area contributed by atoms with Crippen LogP contribution >= 0.6 is 0 Å². The third-order valence-electron chi connectivity index (χ3n) is 5.20. The Morgan fingerprint density at radius 2 is 0.816 bits per heavy atom. The standard InChI is InChI=1S/C28H34O10/c29-25(35-21-37-27(31)33-19-23-13-7-5-8-14-23)17-11-3-1-2-4-12-18-26(30)36-22-38-28(32)34-20-24-15-9-6-10-16-24/h5-10,13-16H,1-4,11-12,17-22H2. The lowest BCUT2D eigenvalue weighted by Crippen LogP contribution is -2.13. The maximum Gasteiger partial charge on any atom is 0.511 e. The molecule has 206 valence electrons. The summed E-state index contributed by atoms with van der Waals surface area (Å²) >= 11 is 0. The number of carbonyl (C=O) groups excluding carboxylic acids is 4. The van der Waals surface area contributed by atoms with Gasteiger partial charge >= 0.3 is 24.2 Å². The smallest absolute Gasteiger partial charge is 0.429 e. The van der Waals surface area contributed by atoms with E-state index in [2.05, 4.69) is 0 Å². The first-order valence-corrected chi connectivity index (χ1v) is 12.5. The van der Waals surface area contributed by atoms with Crippen LogP contribution in [-0.2, 0) is 51.2 Å². The Labute approximate surface area is 222 Å². The summed E-state index contributed by atoms with van der Waals surface area (Å²) in [7, 11) is 0. The van der Waals surface area contributed by atoms with Crippen molar-refractivity contribution in [3.05, 3.63) is 71.8 Å². The van der Waals surface area contributed by atoms with Crippen LogP contribution < -0.4 is 0 Å². The number of ether oxygens (including phenoxy) is 6. The van der Waals surface area contributed by atoms with Crippen LogP contribution in [0.1, 0.15) is 62.5 Å². The van der Waals surface area contributed by atoms with E-state index in [0.717, 1.165) is 36.8 Å². The van der Waals surface area contributed by atoms with Crippen LogP contribution in [0.5, 0.6) is 0 Å². The largest absolute Gasteiger partial charge is 0.511 e. The molecule has 0 aliphatic rings. The molecule has 0 saturated heterocycles. The highest BCUT2D eigenvalue weighted by molar-refractivity contribution is 5.69. The second-order valence-electron chi connectivity index (χ2n) is 8.23. The molecule has 0 heterocycles. The minimum atomic E-state index is -0.903. The number of carbonyl (C=O) groups is 4. The molecule has 0 N–H and O–H groups in total. The molecule has 0 aliphatic heterocycles. The van der Waals surface area contributed by atoms with Gasteiger partial charge in [-0.1, -0.05) is 86.3 Å². The Hall–Kier alpha value is -4.08. The molecular weight excluding hydrogens is 496 g/mol. The van der Waals surface area contributed by atoms with Crippen LogP contribution in [0.25, 0.3) is 0 Å². The van der Waals surface area contributed by atoms with Gasteiger partial charge in [0, 0.05) is 12.8 Å². The van der Waals surface area contributed by atoms with E-state index < -0.39 is 37.8 Å². The molecule has 0 aliphatic carbocycles. The predicted octanol–water partition coefficient (Wildman–Crippen LogP) is 5.82. The van der Waals surface area contributed by atoms with Gasteiger partial charge in [0.15, 0.2) is 0 Å². The normalized spacial score (nSPS) is 10.2. The molecule has 38 heavy (non-hydrogen) atoms. The van der Waals surface area contributed by atoms with Gasteiger partial charge in [-0.15, -0.1) is 0 Å². The van der Waals surface area contributed by atoms with Crippen molar-refractivity contribution < 1.29 is 47.6 Å². The summed E-state index contributed by atoms with van der Waals surface area (Å²) in [5.41, 5.74) is 1.65. The fraction of sp³-hybridized carbons (Fsp3) is 0.429. The van der Waals surface area contributed by atoms with Crippen molar-refractivity contribution in [2.75, 3.05) is 13.6 Å². The first-order chi connectivity index (χ1) is 18.5. The molecule has 0 fully saturated rings. The molecule has 0 bridgehead atoms. The van der Waals surface area contributed by atoms with Gasteiger partial charge in [-0.25, -0.2) is 9.59 Å². The van der Waals surface area contributed by atoms with Crippen LogP contribution in [0.3, 0.4) is 0 Å². The van der Waals surface area contributed by atoms with E-state index in [-0.39, 0.29) is 26.1 Å². The summed E-state index contributed by atoms with van der Waals surface area (Å²) in [6, 6.07) is 18.3. The molecule has 0 unspecified atom stereocenters. The van der Waals surface area contributed by atoms with Crippen molar-refractivity contribution >= 4 is 24.2 Å². The fourth-order valence-corrected chi connectivity index (χ4v) is 3.19. The highest BCUT2D eigenvalue weighted by atomic mass is 16.8. The summed E-state index contributed by atoms with van der Waals surface area (Å²) < 4.78 is 29.0. The van der Waals surface area contributed by atoms with Crippen molar-refractivity contribution in [3.63, 3.8) is 0 Å². The zero-order valence-corrected chi connectivity index (χ0v) is 21.3. The van der Waals surface area contributed by atoms with Crippen LogP contribution in [0.2, 0.25) is 0 Å². The molecule has 0 atom stereocenters. The van der Waals surface area contributed by atoms with Crippen LogP contribution in [0.15, 0.2) is 60.7 Å². The highest BCUT2D eigenvalue weighted by Gasteiger charge is 2.09. The lowest BCUT2D eigenvalue weighted by atomic mass is 10.1. The van der Waals surface area contributed by atoms with Crippen molar-refractivity contribution in [2.45, 2.75) is 64.6 Å². The summed E-state index contributed by atoms with van der Waals surface area (Å²) in [6.45, 7) is -0.810. The van der Waals surface area contributed by atoms with Gasteiger partial charge in [0.1, 0.15) is 13.2 Å². The zero-order chi connectivity index (χ0) is 27.3. The SMILES string of the molecule is O=C(CCCCCCCCC(=O)OCOC(=O)OCc1ccccc1)OCOC(=O)OCc1ccccc1. The van der Waals surface area contributed by atoms with Crippen molar-refractivity contribution in [3.8, 4) is 0 Å². The van der Waals surface area contributed by atoms with Crippen LogP contribution in [0, 0.1) is 0 Å². The van der Waals surface area contributed by atoms with Crippen molar-refractivity contribution in [1.82, 2.24) is 0 Å². The second-order valence-corrected chi connectivity index (χ2v) is 8.23. The monoisotopic (exact) mass is 530 g/mol. The number of rotatable bonds is 17. The minimum Gasteiger partial charge on any atom is -0.429 e. The van der Waals surface area contributed by atoms with E-state index in [1.54, 1.807) is 0 Å². The summed E-state index contributed by atoms with van der Waals surface area (Å²) in [5.74, 6) is -0.899. The molecule has 2 rings (SSSR count). The Balaban J connectivity index is 1.34.